The number of hydrogen-bond donors (Lipinski definition) is 2. The van der Waals surface area contributed by atoms with Crippen LogP contribution < -0.4 is 20.7 Å². The van der Waals surface area contributed by atoms with E-state index in [1.54, 1.807) is 24.6 Å². The van der Waals surface area contributed by atoms with E-state index in [4.69, 9.17) is 14.9 Å². The van der Waals surface area contributed by atoms with Gasteiger partial charge in [0.15, 0.2) is 17.1 Å². The minimum atomic E-state index is -0.246. The molecule has 13 nitrogen and oxygen atoms in total. The summed E-state index contributed by atoms with van der Waals surface area (Å²) in [7, 11) is 0. The molecule has 4 aromatic heterocycles. The van der Waals surface area contributed by atoms with Crippen LogP contribution in [0.5, 0.6) is 5.75 Å². The van der Waals surface area contributed by atoms with Gasteiger partial charge in [0.25, 0.3) is 0 Å². The molecule has 0 atom stereocenters. The summed E-state index contributed by atoms with van der Waals surface area (Å²) < 4.78 is 29.6. The largest absolute Gasteiger partial charge is 0.492 e. The summed E-state index contributed by atoms with van der Waals surface area (Å²) in [6.07, 6.45) is 3.32. The highest BCUT2D eigenvalue weighted by molar-refractivity contribution is 5.90. The zero-order valence-electron chi connectivity index (χ0n) is 23.3. The number of hydrogen-bond acceptors (Lipinski definition) is 11. The number of benzene rings is 1. The summed E-state index contributed by atoms with van der Waals surface area (Å²) in [4.78, 5) is 16.0. The molecular formula is C28H34FN11O2. The highest BCUT2D eigenvalue weighted by Crippen LogP contribution is 2.26. The molecule has 3 N–H and O–H groups in total. The maximum absolute atomic E-state index is 15.0. The minimum absolute atomic E-state index is 0.233. The van der Waals surface area contributed by atoms with Gasteiger partial charge in [-0.2, -0.15) is 14.6 Å². The second-order valence-electron chi connectivity index (χ2n) is 10.6. The van der Waals surface area contributed by atoms with Crippen molar-refractivity contribution in [3.63, 3.8) is 0 Å². The van der Waals surface area contributed by atoms with E-state index in [1.807, 2.05) is 16.8 Å². The van der Waals surface area contributed by atoms with Crippen LogP contribution in [-0.4, -0.2) is 111 Å². The van der Waals surface area contributed by atoms with Crippen LogP contribution in [0.25, 0.3) is 28.3 Å². The molecular weight excluding hydrogens is 541 g/mol. The van der Waals surface area contributed by atoms with E-state index < -0.39 is 0 Å². The maximum Gasteiger partial charge on any atom is 0.225 e. The predicted molar refractivity (Wildman–Crippen MR) is 156 cm³/mol. The smallest absolute Gasteiger partial charge is 0.225 e. The molecule has 5 aromatic rings. The van der Waals surface area contributed by atoms with E-state index in [9.17, 15) is 0 Å². The van der Waals surface area contributed by atoms with Crippen LogP contribution in [0.15, 0.2) is 47.2 Å². The number of nitrogens with one attached hydrogen (secondary N) is 1. The SMILES string of the molecule is Nc1nc2c(cnn2CCN2CCN(c3ccc(OCCN4CCNCC4)cc3F)CC2)c2nc(-c3ccco3)nn12. The Balaban J connectivity index is 0.941. The van der Waals surface area contributed by atoms with Crippen molar-refractivity contribution in [3.05, 3.63) is 48.6 Å². The Morgan fingerprint density at radius 2 is 1.79 bits per heavy atom. The third-order valence-electron chi connectivity index (χ3n) is 7.98. The number of rotatable bonds is 9. The second kappa shape index (κ2) is 11.5. The van der Waals surface area contributed by atoms with Crippen LogP contribution in [-0.2, 0) is 6.54 Å². The molecule has 0 amide bonds. The van der Waals surface area contributed by atoms with E-state index >= 15 is 4.39 Å². The average molecular weight is 576 g/mol. The Morgan fingerprint density at radius 3 is 2.57 bits per heavy atom. The van der Waals surface area contributed by atoms with Gasteiger partial charge in [0.05, 0.1) is 30.1 Å². The van der Waals surface area contributed by atoms with Crippen LogP contribution in [0, 0.1) is 5.82 Å². The van der Waals surface area contributed by atoms with Crippen molar-refractivity contribution in [2.24, 2.45) is 0 Å². The zero-order valence-corrected chi connectivity index (χ0v) is 23.3. The van der Waals surface area contributed by atoms with Gasteiger partial charge in [0.1, 0.15) is 18.2 Å². The van der Waals surface area contributed by atoms with Crippen molar-refractivity contribution in [2.45, 2.75) is 6.54 Å². The number of aromatic nitrogens is 6. The molecule has 7 rings (SSSR count). The third-order valence-corrected chi connectivity index (χ3v) is 7.98. The number of ether oxygens (including phenoxy) is 1. The van der Waals surface area contributed by atoms with Crippen molar-refractivity contribution in [3.8, 4) is 17.3 Å². The predicted octanol–water partition coefficient (Wildman–Crippen LogP) is 1.56. The quantitative estimate of drug-likeness (QED) is 0.266. The summed E-state index contributed by atoms with van der Waals surface area (Å²) in [5.74, 6) is 1.56. The first-order valence-corrected chi connectivity index (χ1v) is 14.4. The first-order valence-electron chi connectivity index (χ1n) is 14.4. The van der Waals surface area contributed by atoms with Crippen molar-refractivity contribution < 1.29 is 13.5 Å². The molecule has 14 heteroatoms. The van der Waals surface area contributed by atoms with Crippen LogP contribution in [0.4, 0.5) is 16.0 Å². The maximum atomic E-state index is 15.0. The summed E-state index contributed by atoms with van der Waals surface area (Å²) in [6, 6.07) is 8.79. The van der Waals surface area contributed by atoms with Gasteiger partial charge in [-0.25, -0.2) is 14.1 Å². The van der Waals surface area contributed by atoms with Gasteiger partial charge in [-0.15, -0.1) is 5.10 Å². The summed E-state index contributed by atoms with van der Waals surface area (Å²) in [6.45, 7) is 9.99. The first kappa shape index (κ1) is 26.6. The van der Waals surface area contributed by atoms with Crippen LogP contribution in [0.2, 0.25) is 0 Å². The molecule has 2 fully saturated rings. The number of furan rings is 1. The number of nitrogens with zero attached hydrogens (tertiary/aromatic N) is 9. The lowest BCUT2D eigenvalue weighted by Crippen LogP contribution is -2.47. The van der Waals surface area contributed by atoms with Gasteiger partial charge < -0.3 is 25.1 Å². The average Bonchev–Trinajstić information content (AvgIpc) is 3.78. The molecule has 0 bridgehead atoms. The number of fused-ring (bicyclic) bond motifs is 3. The summed E-state index contributed by atoms with van der Waals surface area (Å²) in [5, 5.41) is 13.1. The molecule has 0 radical (unpaired) electrons. The van der Waals surface area contributed by atoms with E-state index in [-0.39, 0.29) is 11.8 Å². The van der Waals surface area contributed by atoms with E-state index in [2.05, 4.69) is 40.2 Å². The first-order chi connectivity index (χ1) is 20.6. The molecule has 6 heterocycles. The normalized spacial score (nSPS) is 17.0. The molecule has 0 unspecified atom stereocenters. The fourth-order valence-electron chi connectivity index (χ4n) is 5.64. The third kappa shape index (κ3) is 5.35. The Hall–Kier alpha value is -4.27. The molecule has 2 saturated heterocycles. The Labute approximate surface area is 241 Å². The summed E-state index contributed by atoms with van der Waals surface area (Å²) >= 11 is 0. The Morgan fingerprint density at radius 1 is 0.952 bits per heavy atom. The molecule has 2 aliphatic heterocycles. The number of nitrogens with two attached hydrogens (primary N) is 1. The van der Waals surface area contributed by atoms with Crippen molar-refractivity contribution in [2.75, 3.05) is 82.7 Å². The fourth-order valence-corrected chi connectivity index (χ4v) is 5.64. The van der Waals surface area contributed by atoms with E-state index in [0.29, 0.717) is 47.5 Å². The van der Waals surface area contributed by atoms with Crippen LogP contribution >= 0.6 is 0 Å². The highest BCUT2D eigenvalue weighted by Gasteiger charge is 2.22. The van der Waals surface area contributed by atoms with E-state index in [1.165, 1.54) is 10.6 Å². The van der Waals surface area contributed by atoms with E-state index in [0.717, 1.165) is 70.8 Å². The van der Waals surface area contributed by atoms with Gasteiger partial charge in [0.2, 0.25) is 11.8 Å². The van der Waals surface area contributed by atoms with Gasteiger partial charge >= 0.3 is 0 Å². The van der Waals surface area contributed by atoms with Crippen LogP contribution in [0.1, 0.15) is 0 Å². The molecule has 2 aliphatic rings. The monoisotopic (exact) mass is 575 g/mol. The van der Waals surface area contributed by atoms with Gasteiger partial charge in [0, 0.05) is 71.5 Å². The lowest BCUT2D eigenvalue weighted by atomic mass is 10.2. The zero-order chi connectivity index (χ0) is 28.5. The summed E-state index contributed by atoms with van der Waals surface area (Å²) in [5.41, 5.74) is 8.09. The molecule has 0 saturated carbocycles. The van der Waals surface area contributed by atoms with Crippen molar-refractivity contribution in [1.29, 1.82) is 0 Å². The fraction of sp³-hybridized carbons (Fsp3) is 0.429. The number of anilines is 2. The van der Waals surface area contributed by atoms with Crippen molar-refractivity contribution in [1.82, 2.24) is 44.5 Å². The van der Waals surface area contributed by atoms with Crippen LogP contribution in [0.3, 0.4) is 0 Å². The lowest BCUT2D eigenvalue weighted by molar-refractivity contribution is 0.191. The standard InChI is InChI=1S/C28H34FN11O2/c29-22-18-20(41-17-15-36-7-5-31-6-8-36)3-4-23(22)38-12-9-37(10-13-38)11-14-39-26-21(19-32-39)27-33-25(24-2-1-16-42-24)35-40(27)28(30)34-26/h1-4,16,18-19,31H,5-15,17H2,(H2,30,34). The number of nitrogen functional groups attached to an aromatic ring is 1. The molecule has 220 valence electrons. The molecule has 42 heavy (non-hydrogen) atoms. The Bertz CT molecular complexity index is 1650. The van der Waals surface area contributed by atoms with Gasteiger partial charge in [-0.05, 0) is 24.3 Å². The van der Waals surface area contributed by atoms with Gasteiger partial charge in [-0.3, -0.25) is 9.80 Å². The minimum Gasteiger partial charge on any atom is -0.492 e. The lowest BCUT2D eigenvalue weighted by Gasteiger charge is -2.36. The highest BCUT2D eigenvalue weighted by atomic mass is 19.1. The molecule has 1 aromatic carbocycles. The molecule has 0 aliphatic carbocycles. The van der Waals surface area contributed by atoms with Gasteiger partial charge in [-0.1, -0.05) is 0 Å². The Kier molecular flexibility index (Phi) is 7.32. The second-order valence-corrected chi connectivity index (χ2v) is 10.6. The topological polar surface area (TPSA) is 131 Å². The number of halogens is 1. The number of piperazine rings is 2. The molecule has 0 spiro atoms. The van der Waals surface area contributed by atoms with Crippen molar-refractivity contribution >= 4 is 28.3 Å².